The number of carboxylic acids is 1. The minimum absolute atomic E-state index is 0.00952. The average Bonchev–Trinajstić information content (AvgIpc) is 2.63. The van der Waals surface area contributed by atoms with Gasteiger partial charge in [-0.25, -0.2) is 0 Å². The van der Waals surface area contributed by atoms with Crippen LogP contribution in [0.15, 0.2) is 16.9 Å². The quantitative estimate of drug-likeness (QED) is 0.893. The van der Waals surface area contributed by atoms with Crippen LogP contribution in [0.25, 0.3) is 0 Å². The van der Waals surface area contributed by atoms with Gasteiger partial charge in [-0.2, -0.15) is 0 Å². The first-order valence-electron chi connectivity index (χ1n) is 6.37. The first kappa shape index (κ1) is 12.9. The van der Waals surface area contributed by atoms with Crippen LogP contribution in [0.5, 0.6) is 0 Å². The van der Waals surface area contributed by atoms with Gasteiger partial charge in [-0.05, 0) is 26.7 Å². The molecule has 0 aromatic carbocycles. The molecule has 18 heavy (non-hydrogen) atoms. The molecule has 0 radical (unpaired) electrons. The van der Waals surface area contributed by atoms with E-state index >= 15 is 0 Å². The van der Waals surface area contributed by atoms with E-state index in [-0.39, 0.29) is 17.4 Å². The fourth-order valence-electron chi connectivity index (χ4n) is 3.40. The maximum Gasteiger partial charge on any atom is 0.305 e. The molecule has 0 unspecified atom stereocenters. The Hall–Kier alpha value is -1.58. The highest BCUT2D eigenvalue weighted by atomic mass is 16.4. The standard InChI is InChI=1S/C14H19NO3/c1-10-7-12(16)8-11(2)15(10)14(9-13(17)18)5-3-4-6-14/h7-8H,3-6,9H2,1-2H3,(H,17,18). The third kappa shape index (κ3) is 2.19. The second-order valence-corrected chi connectivity index (χ2v) is 5.31. The summed E-state index contributed by atoms with van der Waals surface area (Å²) in [5.41, 5.74) is 1.38. The number of aliphatic carboxylic acids is 1. The summed E-state index contributed by atoms with van der Waals surface area (Å²) in [5.74, 6) is -0.769. The second-order valence-electron chi connectivity index (χ2n) is 5.31. The number of pyridine rings is 1. The van der Waals surface area contributed by atoms with Crippen molar-refractivity contribution in [3.8, 4) is 0 Å². The van der Waals surface area contributed by atoms with Crippen LogP contribution in [-0.4, -0.2) is 15.6 Å². The smallest absolute Gasteiger partial charge is 0.305 e. The Morgan fingerprint density at radius 2 is 1.78 bits per heavy atom. The summed E-state index contributed by atoms with van der Waals surface area (Å²) in [5, 5.41) is 9.16. The van der Waals surface area contributed by atoms with Crippen LogP contribution in [0.2, 0.25) is 0 Å². The van der Waals surface area contributed by atoms with Crippen LogP contribution < -0.4 is 5.43 Å². The van der Waals surface area contributed by atoms with Crippen molar-refractivity contribution in [1.29, 1.82) is 0 Å². The summed E-state index contributed by atoms with van der Waals surface area (Å²) < 4.78 is 2.06. The Morgan fingerprint density at radius 1 is 1.28 bits per heavy atom. The Balaban J connectivity index is 2.56. The van der Waals surface area contributed by atoms with Crippen LogP contribution in [0.1, 0.15) is 43.5 Å². The molecule has 0 amide bonds. The molecule has 1 N–H and O–H groups in total. The van der Waals surface area contributed by atoms with E-state index in [0.29, 0.717) is 0 Å². The Bertz CT molecular complexity index is 498. The number of nitrogens with zero attached hydrogens (tertiary/aromatic N) is 1. The number of hydrogen-bond donors (Lipinski definition) is 1. The van der Waals surface area contributed by atoms with Crippen molar-refractivity contribution in [2.45, 2.75) is 51.5 Å². The minimum atomic E-state index is -0.769. The largest absolute Gasteiger partial charge is 0.481 e. The summed E-state index contributed by atoms with van der Waals surface area (Å²) in [4.78, 5) is 22.6. The van der Waals surface area contributed by atoms with Crippen molar-refractivity contribution in [2.75, 3.05) is 0 Å². The van der Waals surface area contributed by atoms with E-state index in [1.54, 1.807) is 12.1 Å². The lowest BCUT2D eigenvalue weighted by Crippen LogP contribution is -2.36. The summed E-state index contributed by atoms with van der Waals surface area (Å²) in [7, 11) is 0. The average molecular weight is 249 g/mol. The van der Waals surface area contributed by atoms with E-state index < -0.39 is 5.97 Å². The molecule has 1 aromatic rings. The van der Waals surface area contributed by atoms with E-state index in [1.807, 2.05) is 13.8 Å². The van der Waals surface area contributed by atoms with Gasteiger partial charge in [0.15, 0.2) is 5.43 Å². The lowest BCUT2D eigenvalue weighted by molar-refractivity contribution is -0.139. The zero-order valence-electron chi connectivity index (χ0n) is 10.9. The zero-order valence-corrected chi connectivity index (χ0v) is 10.9. The third-order valence-corrected chi connectivity index (χ3v) is 3.90. The van der Waals surface area contributed by atoms with E-state index in [4.69, 9.17) is 5.11 Å². The predicted octanol–water partition coefficient (Wildman–Crippen LogP) is 2.21. The van der Waals surface area contributed by atoms with Gasteiger partial charge in [0, 0.05) is 23.5 Å². The van der Waals surface area contributed by atoms with Gasteiger partial charge in [0.05, 0.1) is 12.0 Å². The van der Waals surface area contributed by atoms with Gasteiger partial charge < -0.3 is 9.67 Å². The molecule has 2 rings (SSSR count). The van der Waals surface area contributed by atoms with Crippen LogP contribution >= 0.6 is 0 Å². The molecule has 0 spiro atoms. The Kier molecular flexibility index (Phi) is 3.28. The molecule has 1 fully saturated rings. The third-order valence-electron chi connectivity index (χ3n) is 3.90. The number of aromatic nitrogens is 1. The van der Waals surface area contributed by atoms with Gasteiger partial charge in [-0.3, -0.25) is 9.59 Å². The second kappa shape index (κ2) is 4.59. The fraction of sp³-hybridized carbons (Fsp3) is 0.571. The summed E-state index contributed by atoms with van der Waals surface area (Å²) in [6.45, 7) is 3.77. The summed E-state index contributed by atoms with van der Waals surface area (Å²) in [6.07, 6.45) is 4.00. The van der Waals surface area contributed by atoms with Crippen molar-refractivity contribution >= 4 is 5.97 Å². The highest BCUT2D eigenvalue weighted by Crippen LogP contribution is 2.40. The van der Waals surface area contributed by atoms with E-state index in [1.165, 1.54) is 0 Å². The molecule has 1 heterocycles. The zero-order chi connectivity index (χ0) is 13.3. The van der Waals surface area contributed by atoms with Gasteiger partial charge >= 0.3 is 5.97 Å². The van der Waals surface area contributed by atoms with Gasteiger partial charge in [0.25, 0.3) is 0 Å². The van der Waals surface area contributed by atoms with Gasteiger partial charge in [-0.1, -0.05) is 12.8 Å². The molecule has 1 saturated carbocycles. The van der Waals surface area contributed by atoms with Crippen LogP contribution in [0.4, 0.5) is 0 Å². The number of hydrogen-bond acceptors (Lipinski definition) is 2. The van der Waals surface area contributed by atoms with Crippen molar-refractivity contribution in [3.63, 3.8) is 0 Å². The molecule has 1 aromatic heterocycles. The number of rotatable bonds is 3. The van der Waals surface area contributed by atoms with Gasteiger partial charge in [0.2, 0.25) is 0 Å². The highest BCUT2D eigenvalue weighted by molar-refractivity contribution is 5.68. The first-order valence-corrected chi connectivity index (χ1v) is 6.37. The monoisotopic (exact) mass is 249 g/mol. The molecule has 4 nitrogen and oxygen atoms in total. The maximum atomic E-state index is 11.5. The molecule has 0 aliphatic heterocycles. The Labute approximate surface area is 106 Å². The molecule has 1 aliphatic carbocycles. The molecule has 0 bridgehead atoms. The lowest BCUT2D eigenvalue weighted by Gasteiger charge is -2.34. The fourth-order valence-corrected chi connectivity index (χ4v) is 3.40. The van der Waals surface area contributed by atoms with Crippen LogP contribution in [0.3, 0.4) is 0 Å². The summed E-state index contributed by atoms with van der Waals surface area (Å²) >= 11 is 0. The van der Waals surface area contributed by atoms with Crippen molar-refractivity contribution in [2.24, 2.45) is 0 Å². The van der Waals surface area contributed by atoms with Gasteiger partial charge in [0.1, 0.15) is 0 Å². The van der Waals surface area contributed by atoms with E-state index in [9.17, 15) is 9.59 Å². The van der Waals surface area contributed by atoms with Crippen molar-refractivity contribution in [1.82, 2.24) is 4.57 Å². The Morgan fingerprint density at radius 3 is 2.22 bits per heavy atom. The van der Waals surface area contributed by atoms with Crippen LogP contribution in [0, 0.1) is 13.8 Å². The van der Waals surface area contributed by atoms with Crippen molar-refractivity contribution < 1.29 is 9.90 Å². The highest BCUT2D eigenvalue weighted by Gasteiger charge is 2.38. The SMILES string of the molecule is Cc1cc(=O)cc(C)n1C1(CC(=O)O)CCCC1. The van der Waals surface area contributed by atoms with E-state index in [2.05, 4.69) is 4.57 Å². The van der Waals surface area contributed by atoms with Crippen molar-refractivity contribution in [3.05, 3.63) is 33.7 Å². The minimum Gasteiger partial charge on any atom is -0.481 e. The molecule has 4 heteroatoms. The first-order chi connectivity index (χ1) is 8.44. The number of aryl methyl sites for hydroxylation is 2. The molecule has 98 valence electrons. The topological polar surface area (TPSA) is 59.3 Å². The molecule has 0 saturated heterocycles. The maximum absolute atomic E-state index is 11.5. The van der Waals surface area contributed by atoms with Gasteiger partial charge in [-0.15, -0.1) is 0 Å². The molecular formula is C14H19NO3. The van der Waals surface area contributed by atoms with Crippen LogP contribution in [-0.2, 0) is 10.3 Å². The predicted molar refractivity (Wildman–Crippen MR) is 68.9 cm³/mol. The summed E-state index contributed by atoms with van der Waals surface area (Å²) in [6, 6.07) is 3.18. The number of carboxylic acid groups (broad SMARTS) is 1. The molecule has 1 aliphatic rings. The van der Waals surface area contributed by atoms with E-state index in [0.717, 1.165) is 37.1 Å². The normalized spacial score (nSPS) is 17.9. The number of carbonyl (C=O) groups is 1. The molecular weight excluding hydrogens is 230 g/mol. The molecule has 0 atom stereocenters. The lowest BCUT2D eigenvalue weighted by atomic mass is 9.91.